The van der Waals surface area contributed by atoms with E-state index in [-0.39, 0.29) is 24.4 Å². The molecule has 6 atom stereocenters. The number of nitriles is 1. The lowest BCUT2D eigenvalue weighted by atomic mass is 9.92. The van der Waals surface area contributed by atoms with Crippen molar-refractivity contribution < 1.29 is 38.4 Å². The van der Waals surface area contributed by atoms with Crippen molar-refractivity contribution in [2.75, 3.05) is 6.61 Å². The highest BCUT2D eigenvalue weighted by molar-refractivity contribution is 5.92. The van der Waals surface area contributed by atoms with E-state index in [4.69, 9.17) is 30.1 Å². The molecule has 0 aromatic heterocycles. The fraction of sp³-hybridized carbons (Fsp3) is 0.533. The number of carbonyl (C=O) groups excluding carboxylic acids is 3. The summed E-state index contributed by atoms with van der Waals surface area (Å²) in [5.41, 5.74) is 3.89. The second kappa shape index (κ2) is 14.3. The van der Waals surface area contributed by atoms with Crippen molar-refractivity contribution in [2.45, 2.75) is 89.1 Å². The molecule has 44 heavy (non-hydrogen) atoms. The maximum absolute atomic E-state index is 13.4. The van der Waals surface area contributed by atoms with Gasteiger partial charge in [0.1, 0.15) is 48.7 Å². The van der Waals surface area contributed by atoms with E-state index in [0.717, 1.165) is 6.34 Å². The number of aliphatic imine (C=N–C) groups is 1. The van der Waals surface area contributed by atoms with Crippen molar-refractivity contribution >= 4 is 30.2 Å². The topological polar surface area (TPSA) is 218 Å². The number of carbonyl (C=O) groups is 3. The molecular formula is C30H40N6O8. The molecule has 0 spiro atoms. The number of esters is 2. The van der Waals surface area contributed by atoms with Gasteiger partial charge in [0.05, 0.1) is 18.2 Å². The van der Waals surface area contributed by atoms with Crippen LogP contribution >= 0.6 is 0 Å². The zero-order chi connectivity index (χ0) is 32.7. The molecule has 238 valence electrons. The summed E-state index contributed by atoms with van der Waals surface area (Å²) in [5.74, 6) is -1.89. The van der Waals surface area contributed by atoms with E-state index in [1.807, 2.05) is 12.1 Å². The minimum absolute atomic E-state index is 0.0425. The first-order valence-corrected chi connectivity index (χ1v) is 14.2. The molecule has 14 nitrogen and oxygen atoms in total. The van der Waals surface area contributed by atoms with Gasteiger partial charge in [0.25, 0.3) is 0 Å². The fourth-order valence-corrected chi connectivity index (χ4v) is 4.74. The van der Waals surface area contributed by atoms with Crippen LogP contribution in [0.15, 0.2) is 47.1 Å². The van der Waals surface area contributed by atoms with Gasteiger partial charge in [-0.05, 0) is 38.7 Å². The second-order valence-electron chi connectivity index (χ2n) is 11.8. The summed E-state index contributed by atoms with van der Waals surface area (Å²) in [7, 11) is 0. The summed E-state index contributed by atoms with van der Waals surface area (Å²) in [4.78, 5) is 42.3. The molecular weight excluding hydrogens is 572 g/mol. The Labute approximate surface area is 256 Å². The number of hydrogen-bond donors (Lipinski definition) is 5. The highest BCUT2D eigenvalue weighted by atomic mass is 16.6. The standard InChI is InChI=1S/C30H40N6O8/c1-17(2)23(36-28(40)44-29(3,4)5)27(39)42-24-20(14-41-22(37)13-18-9-7-6-8-10-18)43-30(15-31,25(24)38)21-12-11-19(35-21)26(33)34-16-32/h6-10,12,16-17,19-20,23-25,35,38H,11,13-14H2,1-5H3,(H,36,40)(H3,32,33,34)/t19?,20-,23+,24-,25-,30+/m1/s1. The van der Waals surface area contributed by atoms with Gasteiger partial charge in [-0.15, -0.1) is 0 Å². The lowest BCUT2D eigenvalue weighted by molar-refractivity contribution is -0.163. The number of aliphatic hydroxyl groups excluding tert-OH is 1. The average molecular weight is 613 g/mol. The zero-order valence-electron chi connectivity index (χ0n) is 25.4. The third-order valence-corrected chi connectivity index (χ3v) is 6.90. The lowest BCUT2D eigenvalue weighted by Crippen LogP contribution is -2.52. The van der Waals surface area contributed by atoms with Crippen LogP contribution in [0, 0.1) is 22.7 Å². The summed E-state index contributed by atoms with van der Waals surface area (Å²) in [6.07, 6.45) is -2.74. The van der Waals surface area contributed by atoms with E-state index in [9.17, 15) is 24.8 Å². The fourth-order valence-electron chi connectivity index (χ4n) is 4.74. The van der Waals surface area contributed by atoms with Crippen molar-refractivity contribution in [1.82, 2.24) is 10.6 Å². The number of alkyl carbamates (subject to hydrolysis) is 1. The summed E-state index contributed by atoms with van der Waals surface area (Å²) in [6, 6.07) is 9.10. The maximum Gasteiger partial charge on any atom is 0.408 e. The van der Waals surface area contributed by atoms with Crippen molar-refractivity contribution in [3.8, 4) is 6.07 Å². The number of hydrogen-bond acceptors (Lipinski definition) is 11. The number of nitrogens with two attached hydrogens (primary N) is 1. The van der Waals surface area contributed by atoms with Crippen LogP contribution < -0.4 is 16.4 Å². The Morgan fingerprint density at radius 1 is 1.32 bits per heavy atom. The number of nitrogens with zero attached hydrogens (tertiary/aromatic N) is 2. The Morgan fingerprint density at radius 2 is 2.00 bits per heavy atom. The molecule has 0 saturated carbocycles. The van der Waals surface area contributed by atoms with Gasteiger partial charge in [-0.3, -0.25) is 10.2 Å². The van der Waals surface area contributed by atoms with Gasteiger partial charge in [0, 0.05) is 0 Å². The van der Waals surface area contributed by atoms with E-state index >= 15 is 0 Å². The van der Waals surface area contributed by atoms with Crippen LogP contribution in [0.25, 0.3) is 0 Å². The number of amidine groups is 1. The summed E-state index contributed by atoms with van der Waals surface area (Å²) < 4.78 is 22.5. The van der Waals surface area contributed by atoms with Gasteiger partial charge >= 0.3 is 18.0 Å². The van der Waals surface area contributed by atoms with E-state index in [1.54, 1.807) is 65.0 Å². The number of aliphatic hydroxyl groups is 1. The molecule has 6 N–H and O–H groups in total. The molecule has 0 bridgehead atoms. The van der Waals surface area contributed by atoms with Crippen molar-refractivity contribution in [2.24, 2.45) is 16.6 Å². The van der Waals surface area contributed by atoms with Gasteiger partial charge in [0.2, 0.25) is 5.60 Å². The van der Waals surface area contributed by atoms with Gasteiger partial charge < -0.3 is 40.4 Å². The van der Waals surface area contributed by atoms with E-state index in [1.165, 1.54) is 0 Å². The highest BCUT2D eigenvalue weighted by Gasteiger charge is 2.60. The molecule has 1 saturated heterocycles. The number of rotatable bonds is 11. The first-order chi connectivity index (χ1) is 20.7. The number of amides is 1. The van der Waals surface area contributed by atoms with E-state index < -0.39 is 72.2 Å². The van der Waals surface area contributed by atoms with Crippen LogP contribution in [-0.4, -0.2) is 83.5 Å². The van der Waals surface area contributed by atoms with Crippen molar-refractivity contribution in [3.05, 3.63) is 47.7 Å². The maximum atomic E-state index is 13.4. The zero-order valence-corrected chi connectivity index (χ0v) is 25.4. The van der Waals surface area contributed by atoms with Crippen LogP contribution in [0.5, 0.6) is 0 Å². The Kier molecular flexibility index (Phi) is 11.1. The predicted molar refractivity (Wildman–Crippen MR) is 158 cm³/mol. The molecule has 0 aliphatic carbocycles. The molecule has 2 aliphatic heterocycles. The predicted octanol–water partition coefficient (Wildman–Crippen LogP) is 1.47. The number of ether oxygens (including phenoxy) is 4. The molecule has 1 aromatic carbocycles. The Balaban J connectivity index is 1.85. The Morgan fingerprint density at radius 3 is 2.59 bits per heavy atom. The molecule has 3 rings (SSSR count). The Bertz CT molecular complexity index is 1320. The SMILES string of the molecule is CC(C)[C@H](NC(=O)OC(C)(C)C)C(=O)O[C@H]1[C@@H](O)[C@](C#N)(C2=CCC(/C(N)=N\C=N)N2)O[C@@H]1COC(=O)Cc1ccccc1. The molecule has 2 aliphatic rings. The Hall–Kier alpha value is -4.48. The normalized spacial score (nSPS) is 25.7. The van der Waals surface area contributed by atoms with Crippen LogP contribution in [-0.2, 0) is 35.0 Å². The first kappa shape index (κ1) is 34.0. The van der Waals surface area contributed by atoms with Crippen LogP contribution in [0.4, 0.5) is 4.79 Å². The third kappa shape index (κ3) is 8.33. The monoisotopic (exact) mass is 612 g/mol. The summed E-state index contributed by atoms with van der Waals surface area (Å²) >= 11 is 0. The van der Waals surface area contributed by atoms with Gasteiger partial charge in [-0.25, -0.2) is 14.6 Å². The second-order valence-corrected chi connectivity index (χ2v) is 11.8. The number of benzene rings is 1. The van der Waals surface area contributed by atoms with Crippen LogP contribution in [0.1, 0.15) is 46.6 Å². The van der Waals surface area contributed by atoms with Gasteiger partial charge in [-0.1, -0.05) is 50.3 Å². The van der Waals surface area contributed by atoms with Crippen molar-refractivity contribution in [1.29, 1.82) is 10.7 Å². The first-order valence-electron chi connectivity index (χ1n) is 14.2. The van der Waals surface area contributed by atoms with Crippen LogP contribution in [0.2, 0.25) is 0 Å². The lowest BCUT2D eigenvalue weighted by Gasteiger charge is -2.29. The summed E-state index contributed by atoms with van der Waals surface area (Å²) in [6.45, 7) is 7.93. The quantitative estimate of drug-likeness (QED) is 0.104. The molecule has 2 heterocycles. The smallest absolute Gasteiger partial charge is 0.408 e. The molecule has 14 heteroatoms. The largest absolute Gasteiger partial charge is 0.463 e. The molecule has 0 radical (unpaired) electrons. The van der Waals surface area contributed by atoms with Crippen LogP contribution in [0.3, 0.4) is 0 Å². The summed E-state index contributed by atoms with van der Waals surface area (Å²) in [5, 5.41) is 34.5. The minimum atomic E-state index is -2.06. The average Bonchev–Trinajstić information content (AvgIpc) is 3.54. The highest BCUT2D eigenvalue weighted by Crippen LogP contribution is 2.39. The number of nitrogens with one attached hydrogen (secondary N) is 3. The van der Waals surface area contributed by atoms with E-state index in [0.29, 0.717) is 5.56 Å². The third-order valence-electron chi connectivity index (χ3n) is 6.90. The van der Waals surface area contributed by atoms with Crippen molar-refractivity contribution in [3.63, 3.8) is 0 Å². The van der Waals surface area contributed by atoms with Gasteiger partial charge in [-0.2, -0.15) is 5.26 Å². The minimum Gasteiger partial charge on any atom is -0.463 e. The molecule has 1 unspecified atom stereocenters. The molecule has 1 aromatic rings. The van der Waals surface area contributed by atoms with Gasteiger partial charge in [0.15, 0.2) is 6.10 Å². The van der Waals surface area contributed by atoms with E-state index in [2.05, 4.69) is 15.6 Å². The molecule has 1 fully saturated rings. The molecule has 1 amide bonds.